The van der Waals surface area contributed by atoms with E-state index in [0.717, 1.165) is 35.0 Å². The molecule has 0 aliphatic heterocycles. The van der Waals surface area contributed by atoms with Gasteiger partial charge in [-0.05, 0) is 37.1 Å². The Morgan fingerprint density at radius 2 is 1.89 bits per heavy atom. The summed E-state index contributed by atoms with van der Waals surface area (Å²) in [4.78, 5) is 3.48. The van der Waals surface area contributed by atoms with Gasteiger partial charge in [-0.1, -0.05) is 6.92 Å². The van der Waals surface area contributed by atoms with Crippen molar-refractivity contribution in [1.82, 2.24) is 4.98 Å². The van der Waals surface area contributed by atoms with E-state index in [-0.39, 0.29) is 0 Å². The minimum absolute atomic E-state index is 0.400. The number of hydrogen-bond donors (Lipinski definition) is 0. The van der Waals surface area contributed by atoms with Crippen molar-refractivity contribution in [3.8, 4) is 11.3 Å². The van der Waals surface area contributed by atoms with Gasteiger partial charge in [-0.25, -0.2) is 8.42 Å². The maximum atomic E-state index is 12.7. The van der Waals surface area contributed by atoms with Crippen molar-refractivity contribution in [3.63, 3.8) is 0 Å². The van der Waals surface area contributed by atoms with Crippen LogP contribution in [0.5, 0.6) is 0 Å². The van der Waals surface area contributed by atoms with Gasteiger partial charge in [-0.15, -0.1) is 0 Å². The zero-order chi connectivity index (χ0) is 20.9. The summed E-state index contributed by atoms with van der Waals surface area (Å²) in [7, 11) is -1.99. The van der Waals surface area contributed by atoms with Crippen LogP contribution in [0.2, 0.25) is 0 Å². The predicted molar refractivity (Wildman–Crippen MR) is 102 cm³/mol. The van der Waals surface area contributed by atoms with Gasteiger partial charge in [-0.2, -0.15) is 13.2 Å². The van der Waals surface area contributed by atoms with Gasteiger partial charge in [0.2, 0.25) is 10.0 Å². The van der Waals surface area contributed by atoms with Crippen molar-refractivity contribution in [2.24, 2.45) is 0 Å². The van der Waals surface area contributed by atoms with Crippen LogP contribution in [-0.2, 0) is 22.6 Å². The van der Waals surface area contributed by atoms with Crippen molar-refractivity contribution in [1.29, 1.82) is 0 Å². The monoisotopic (exact) mass is 412 g/mol. The second kappa shape index (κ2) is 6.80. The smallest absolute Gasteiger partial charge is 0.433 e. The molecule has 0 unspecified atom stereocenters. The van der Waals surface area contributed by atoms with E-state index < -0.39 is 21.9 Å². The highest BCUT2D eigenvalue weighted by Gasteiger charge is 2.32. The molecule has 2 aromatic heterocycles. The number of aryl methyl sites for hydroxylation is 2. The molecule has 3 aromatic rings. The van der Waals surface area contributed by atoms with Crippen LogP contribution < -0.4 is 4.31 Å². The lowest BCUT2D eigenvalue weighted by molar-refractivity contribution is -0.141. The van der Waals surface area contributed by atoms with Crippen molar-refractivity contribution in [2.45, 2.75) is 26.4 Å². The van der Waals surface area contributed by atoms with E-state index in [1.807, 2.05) is 13.0 Å². The average molecular weight is 412 g/mol. The molecule has 0 bridgehead atoms. The number of benzene rings is 1. The summed E-state index contributed by atoms with van der Waals surface area (Å²) in [6.45, 7) is 3.72. The van der Waals surface area contributed by atoms with Gasteiger partial charge in [0.15, 0.2) is 0 Å². The number of furan rings is 1. The third-order valence-corrected chi connectivity index (χ3v) is 5.86. The van der Waals surface area contributed by atoms with E-state index in [1.165, 1.54) is 17.4 Å². The minimum atomic E-state index is -4.51. The van der Waals surface area contributed by atoms with E-state index in [1.54, 1.807) is 13.0 Å². The van der Waals surface area contributed by atoms with Crippen LogP contribution in [0.4, 0.5) is 18.9 Å². The van der Waals surface area contributed by atoms with Gasteiger partial charge >= 0.3 is 6.18 Å². The quantitative estimate of drug-likeness (QED) is 0.619. The summed E-state index contributed by atoms with van der Waals surface area (Å²) in [6, 6.07) is 5.71. The summed E-state index contributed by atoms with van der Waals surface area (Å²) < 4.78 is 69.1. The molecule has 28 heavy (non-hydrogen) atoms. The van der Waals surface area contributed by atoms with Crippen molar-refractivity contribution >= 4 is 26.7 Å². The molecule has 5 nitrogen and oxygen atoms in total. The third-order valence-electron chi connectivity index (χ3n) is 4.67. The zero-order valence-electron chi connectivity index (χ0n) is 15.8. The van der Waals surface area contributed by atoms with Gasteiger partial charge < -0.3 is 4.42 Å². The normalized spacial score (nSPS) is 12.5. The predicted octanol–water partition coefficient (Wildman–Crippen LogP) is 4.78. The molecule has 1 aromatic carbocycles. The van der Waals surface area contributed by atoms with E-state index in [0.29, 0.717) is 29.0 Å². The SMILES string of the molecule is CCc1cc2c(C)c(-c3ccc(C(F)(F)F)nc3)oc2cc1N(C)S(C)(=O)=O. The van der Waals surface area contributed by atoms with E-state index in [9.17, 15) is 21.6 Å². The first kappa shape index (κ1) is 20.2. The molecule has 0 aliphatic rings. The highest BCUT2D eigenvalue weighted by atomic mass is 32.2. The van der Waals surface area contributed by atoms with Crippen LogP contribution in [-0.4, -0.2) is 26.7 Å². The average Bonchev–Trinajstić information content (AvgIpc) is 2.94. The fourth-order valence-corrected chi connectivity index (χ4v) is 3.55. The molecule has 2 heterocycles. The highest BCUT2D eigenvalue weighted by Crippen LogP contribution is 2.37. The highest BCUT2D eigenvalue weighted by molar-refractivity contribution is 7.92. The van der Waals surface area contributed by atoms with Gasteiger partial charge in [0.1, 0.15) is 17.0 Å². The van der Waals surface area contributed by atoms with Crippen molar-refractivity contribution in [2.75, 3.05) is 17.6 Å². The molecule has 3 rings (SSSR count). The van der Waals surface area contributed by atoms with Gasteiger partial charge in [0, 0.05) is 35.8 Å². The fraction of sp³-hybridized carbons (Fsp3) is 0.316. The van der Waals surface area contributed by atoms with Crippen LogP contribution in [0.25, 0.3) is 22.3 Å². The molecule has 9 heteroatoms. The first-order chi connectivity index (χ1) is 12.9. The second-order valence-electron chi connectivity index (χ2n) is 6.55. The molecule has 0 atom stereocenters. The molecular weight excluding hydrogens is 393 g/mol. The molecule has 0 aliphatic carbocycles. The molecule has 150 valence electrons. The first-order valence-corrected chi connectivity index (χ1v) is 10.3. The largest absolute Gasteiger partial charge is 0.456 e. The summed E-state index contributed by atoms with van der Waals surface area (Å²) in [6.07, 6.45) is -1.67. The number of nitrogens with zero attached hydrogens (tertiary/aromatic N) is 2. The van der Waals surface area contributed by atoms with Crippen LogP contribution in [0.3, 0.4) is 0 Å². The molecule has 0 spiro atoms. The Morgan fingerprint density at radius 3 is 2.39 bits per heavy atom. The van der Waals surface area contributed by atoms with Gasteiger partial charge in [0.25, 0.3) is 0 Å². The Kier molecular flexibility index (Phi) is 4.91. The lowest BCUT2D eigenvalue weighted by Gasteiger charge is -2.19. The summed E-state index contributed by atoms with van der Waals surface area (Å²) in [5, 5.41) is 0.775. The summed E-state index contributed by atoms with van der Waals surface area (Å²) in [5.74, 6) is 0.400. The standard InChI is InChI=1S/C19H19F3N2O3S/c1-5-12-8-14-11(2)18(13-6-7-17(23-10-13)19(20,21)22)27-16(14)9-15(12)24(3)28(4,25)26/h6-10H,5H2,1-4H3. The topological polar surface area (TPSA) is 63.4 Å². The van der Waals surface area contributed by atoms with Crippen molar-refractivity contribution < 1.29 is 26.0 Å². The fourth-order valence-electron chi connectivity index (χ4n) is 3.03. The lowest BCUT2D eigenvalue weighted by atomic mass is 10.0. The summed E-state index contributed by atoms with van der Waals surface area (Å²) in [5.41, 5.74) is 1.97. The van der Waals surface area contributed by atoms with E-state index in [2.05, 4.69) is 4.98 Å². The number of rotatable bonds is 4. The number of alkyl halides is 3. The van der Waals surface area contributed by atoms with Crippen LogP contribution in [0.1, 0.15) is 23.7 Å². The van der Waals surface area contributed by atoms with E-state index in [4.69, 9.17) is 4.42 Å². The molecule has 0 radical (unpaired) electrons. The lowest BCUT2D eigenvalue weighted by Crippen LogP contribution is -2.25. The molecule has 0 fully saturated rings. The van der Waals surface area contributed by atoms with Crippen molar-refractivity contribution in [3.05, 3.63) is 47.3 Å². The van der Waals surface area contributed by atoms with Crippen LogP contribution in [0, 0.1) is 6.92 Å². The number of sulfonamides is 1. The molecule has 0 saturated heterocycles. The number of halogens is 3. The Morgan fingerprint density at radius 1 is 1.21 bits per heavy atom. The van der Waals surface area contributed by atoms with Gasteiger partial charge in [-0.3, -0.25) is 9.29 Å². The molecule has 0 N–H and O–H groups in total. The Balaban J connectivity index is 2.15. The van der Waals surface area contributed by atoms with E-state index >= 15 is 0 Å². The van der Waals surface area contributed by atoms with Crippen LogP contribution >= 0.6 is 0 Å². The van der Waals surface area contributed by atoms with Gasteiger partial charge in [0.05, 0.1) is 11.9 Å². The molecule has 0 saturated carbocycles. The number of pyridine rings is 1. The Labute approximate surface area is 160 Å². The zero-order valence-corrected chi connectivity index (χ0v) is 16.6. The second-order valence-corrected chi connectivity index (χ2v) is 8.56. The number of aromatic nitrogens is 1. The maximum absolute atomic E-state index is 12.7. The first-order valence-electron chi connectivity index (χ1n) is 8.47. The molecular formula is C19H19F3N2O3S. The Hall–Kier alpha value is -2.55. The number of anilines is 1. The third kappa shape index (κ3) is 3.58. The Bertz CT molecular complexity index is 1130. The maximum Gasteiger partial charge on any atom is 0.433 e. The summed E-state index contributed by atoms with van der Waals surface area (Å²) >= 11 is 0. The number of fused-ring (bicyclic) bond motifs is 1. The van der Waals surface area contributed by atoms with Crippen LogP contribution in [0.15, 0.2) is 34.9 Å². The minimum Gasteiger partial charge on any atom is -0.456 e. The molecule has 0 amide bonds. The number of hydrogen-bond acceptors (Lipinski definition) is 4.